The molecule has 108 valence electrons. The lowest BCUT2D eigenvalue weighted by atomic mass is 10.2. The predicted molar refractivity (Wildman–Crippen MR) is 80.9 cm³/mol. The van der Waals surface area contributed by atoms with Crippen LogP contribution < -0.4 is 0 Å². The van der Waals surface area contributed by atoms with Gasteiger partial charge in [0.1, 0.15) is 11.2 Å². The fourth-order valence-electron chi connectivity index (χ4n) is 1.62. The number of aryl methyl sites for hydroxylation is 1. The fraction of sp³-hybridized carbons (Fsp3) is 0.0769. The molecule has 0 radical (unpaired) electrons. The highest BCUT2D eigenvalue weighted by Crippen LogP contribution is 2.31. The summed E-state index contributed by atoms with van der Waals surface area (Å²) in [7, 11) is 0. The number of nitrogens with zero attached hydrogens (tertiary/aromatic N) is 2. The number of benzene rings is 1. The van der Waals surface area contributed by atoms with Crippen LogP contribution in [0.3, 0.4) is 0 Å². The quantitative estimate of drug-likeness (QED) is 0.649. The van der Waals surface area contributed by atoms with Gasteiger partial charge in [0, 0.05) is 14.9 Å². The molecule has 0 aliphatic rings. The van der Waals surface area contributed by atoms with Crippen LogP contribution >= 0.6 is 27.7 Å². The van der Waals surface area contributed by atoms with Crippen LogP contribution in [0.5, 0.6) is 0 Å². The largest absolute Gasteiger partial charge is 0.478 e. The average Bonchev–Trinajstić information content (AvgIpc) is 2.40. The first-order valence-corrected chi connectivity index (χ1v) is 7.31. The highest BCUT2D eigenvalue weighted by Gasteiger charge is 2.13. The van der Waals surface area contributed by atoms with E-state index in [4.69, 9.17) is 5.11 Å². The molecule has 0 fully saturated rings. The minimum Gasteiger partial charge on any atom is -0.478 e. The predicted octanol–water partition coefficient (Wildman–Crippen LogP) is 3.91. The van der Waals surface area contributed by atoms with Gasteiger partial charge in [-0.15, -0.1) is 0 Å². The van der Waals surface area contributed by atoms with Crippen molar-refractivity contribution in [3.05, 3.63) is 56.2 Å². The minimum absolute atomic E-state index is 0.0404. The molecule has 0 bridgehead atoms. The number of hydrogen-bond acceptors (Lipinski definition) is 5. The lowest BCUT2D eigenvalue weighted by molar-refractivity contribution is -0.385. The third-order valence-electron chi connectivity index (χ3n) is 2.65. The number of rotatable bonds is 4. The number of aromatic carboxylic acids is 1. The number of hydrogen-bond donors (Lipinski definition) is 1. The number of carboxylic acids is 1. The Morgan fingerprint density at radius 1 is 1.43 bits per heavy atom. The van der Waals surface area contributed by atoms with Crippen molar-refractivity contribution in [1.29, 1.82) is 0 Å². The summed E-state index contributed by atoms with van der Waals surface area (Å²) in [5, 5.41) is 20.4. The molecule has 0 atom stereocenters. The summed E-state index contributed by atoms with van der Waals surface area (Å²) in [6.07, 6.45) is 1.20. The first kappa shape index (κ1) is 15.5. The highest BCUT2D eigenvalue weighted by atomic mass is 79.9. The van der Waals surface area contributed by atoms with Crippen LogP contribution in [0.4, 0.5) is 5.69 Å². The highest BCUT2D eigenvalue weighted by molar-refractivity contribution is 9.10. The van der Waals surface area contributed by atoms with Crippen molar-refractivity contribution in [2.75, 3.05) is 0 Å². The minimum atomic E-state index is -1.03. The summed E-state index contributed by atoms with van der Waals surface area (Å²) in [6.45, 7) is 1.63. The van der Waals surface area contributed by atoms with Gasteiger partial charge in [-0.2, -0.15) is 0 Å². The summed E-state index contributed by atoms with van der Waals surface area (Å²) >= 11 is 4.42. The van der Waals surface area contributed by atoms with Crippen molar-refractivity contribution < 1.29 is 14.8 Å². The van der Waals surface area contributed by atoms with Crippen LogP contribution in [0.2, 0.25) is 0 Å². The van der Waals surface area contributed by atoms with Gasteiger partial charge in [0.15, 0.2) is 0 Å². The lowest BCUT2D eigenvalue weighted by Crippen LogP contribution is -1.97. The Morgan fingerprint density at radius 3 is 2.71 bits per heavy atom. The number of carbonyl (C=O) groups is 1. The molecule has 0 amide bonds. The van der Waals surface area contributed by atoms with E-state index in [2.05, 4.69) is 20.9 Å². The van der Waals surface area contributed by atoms with Crippen LogP contribution in [0.15, 0.2) is 44.9 Å². The van der Waals surface area contributed by atoms with Crippen molar-refractivity contribution in [1.82, 2.24) is 4.98 Å². The molecular formula is C13H9BrN2O4S. The normalized spacial score (nSPS) is 10.4. The molecule has 1 heterocycles. The average molecular weight is 369 g/mol. The van der Waals surface area contributed by atoms with Gasteiger partial charge in [0.2, 0.25) is 0 Å². The lowest BCUT2D eigenvalue weighted by Gasteiger charge is -2.05. The maximum Gasteiger partial charge on any atom is 0.336 e. The maximum atomic E-state index is 11.1. The van der Waals surface area contributed by atoms with Gasteiger partial charge >= 0.3 is 5.97 Å². The Bertz CT molecular complexity index is 736. The molecule has 0 aliphatic carbocycles. The standard InChI is InChI=1S/C13H9BrN2O4S/c1-7-4-12(15-6-11(7)16(19)20)21-8-2-3-10(14)9(5-8)13(17)18/h2-6H,1H3,(H,17,18). The van der Waals surface area contributed by atoms with Crippen LogP contribution in [0, 0.1) is 17.0 Å². The molecule has 0 saturated heterocycles. The van der Waals surface area contributed by atoms with Crippen molar-refractivity contribution in [3.63, 3.8) is 0 Å². The van der Waals surface area contributed by atoms with Crippen LogP contribution in [0.1, 0.15) is 15.9 Å². The molecule has 0 unspecified atom stereocenters. The van der Waals surface area contributed by atoms with Crippen molar-refractivity contribution in [2.45, 2.75) is 16.8 Å². The second kappa shape index (κ2) is 6.23. The van der Waals surface area contributed by atoms with Crippen LogP contribution in [-0.2, 0) is 0 Å². The van der Waals surface area contributed by atoms with Gasteiger partial charge in [0.25, 0.3) is 5.69 Å². The second-order valence-electron chi connectivity index (χ2n) is 4.12. The summed E-state index contributed by atoms with van der Waals surface area (Å²) in [5.74, 6) is -1.03. The Morgan fingerprint density at radius 2 is 2.14 bits per heavy atom. The molecule has 0 saturated carbocycles. The zero-order valence-electron chi connectivity index (χ0n) is 10.7. The Labute approximate surface area is 132 Å². The monoisotopic (exact) mass is 368 g/mol. The van der Waals surface area contributed by atoms with E-state index in [1.54, 1.807) is 25.1 Å². The van der Waals surface area contributed by atoms with E-state index in [1.165, 1.54) is 24.0 Å². The smallest absolute Gasteiger partial charge is 0.336 e. The van der Waals surface area contributed by atoms with Crippen molar-refractivity contribution >= 4 is 39.3 Å². The zero-order chi connectivity index (χ0) is 15.6. The SMILES string of the molecule is Cc1cc(Sc2ccc(Br)c(C(=O)O)c2)ncc1[N+](=O)[O-]. The van der Waals surface area contributed by atoms with E-state index in [0.29, 0.717) is 20.0 Å². The molecule has 0 spiro atoms. The topological polar surface area (TPSA) is 93.3 Å². The van der Waals surface area contributed by atoms with Gasteiger partial charge in [-0.25, -0.2) is 9.78 Å². The van der Waals surface area contributed by atoms with Gasteiger partial charge in [-0.05, 0) is 47.1 Å². The van der Waals surface area contributed by atoms with E-state index in [-0.39, 0.29) is 11.3 Å². The van der Waals surface area contributed by atoms with Gasteiger partial charge in [-0.1, -0.05) is 11.8 Å². The molecule has 1 aromatic heterocycles. The van der Waals surface area contributed by atoms with E-state index in [0.717, 1.165) is 0 Å². The third-order valence-corrected chi connectivity index (χ3v) is 4.26. The van der Waals surface area contributed by atoms with Gasteiger partial charge in [-0.3, -0.25) is 10.1 Å². The first-order valence-electron chi connectivity index (χ1n) is 5.70. The summed E-state index contributed by atoms with van der Waals surface area (Å²) < 4.78 is 0.493. The first-order chi connectivity index (χ1) is 9.88. The maximum absolute atomic E-state index is 11.1. The Balaban J connectivity index is 2.30. The molecule has 0 aliphatic heterocycles. The number of pyridine rings is 1. The number of aromatic nitrogens is 1. The van der Waals surface area contributed by atoms with Crippen LogP contribution in [-0.4, -0.2) is 21.0 Å². The molecule has 8 heteroatoms. The second-order valence-corrected chi connectivity index (χ2v) is 6.06. The molecule has 1 N–H and O–H groups in total. The zero-order valence-corrected chi connectivity index (χ0v) is 13.1. The number of nitro groups is 1. The molecule has 1 aromatic carbocycles. The number of halogens is 1. The van der Waals surface area contributed by atoms with E-state index in [1.807, 2.05) is 0 Å². The summed E-state index contributed by atoms with van der Waals surface area (Å²) in [6, 6.07) is 6.52. The molecule has 6 nitrogen and oxygen atoms in total. The van der Waals surface area contributed by atoms with Crippen molar-refractivity contribution in [2.24, 2.45) is 0 Å². The molecule has 21 heavy (non-hydrogen) atoms. The Kier molecular flexibility index (Phi) is 4.59. The van der Waals surface area contributed by atoms with E-state index in [9.17, 15) is 14.9 Å². The van der Waals surface area contributed by atoms with E-state index < -0.39 is 10.9 Å². The Hall–Kier alpha value is -1.93. The van der Waals surface area contributed by atoms with Crippen molar-refractivity contribution in [3.8, 4) is 0 Å². The number of carboxylic acid groups (broad SMARTS) is 1. The van der Waals surface area contributed by atoms with E-state index >= 15 is 0 Å². The van der Waals surface area contributed by atoms with Crippen LogP contribution in [0.25, 0.3) is 0 Å². The molecule has 2 aromatic rings. The summed E-state index contributed by atoms with van der Waals surface area (Å²) in [4.78, 5) is 26.0. The van der Waals surface area contributed by atoms with Gasteiger partial charge < -0.3 is 5.11 Å². The third kappa shape index (κ3) is 3.59. The van der Waals surface area contributed by atoms with Gasteiger partial charge in [0.05, 0.1) is 10.5 Å². The summed E-state index contributed by atoms with van der Waals surface area (Å²) in [5.41, 5.74) is 0.619. The molecule has 2 rings (SSSR count). The molecular weight excluding hydrogens is 360 g/mol. The fourth-order valence-corrected chi connectivity index (χ4v) is 2.93.